The number of anilines is 2. The minimum atomic E-state index is -3.47. The summed E-state index contributed by atoms with van der Waals surface area (Å²) in [5, 5.41) is 2.80. The maximum atomic E-state index is 12.4. The van der Waals surface area contributed by atoms with Crippen LogP contribution >= 0.6 is 0 Å². The maximum Gasteiger partial charge on any atom is 0.338 e. The molecule has 0 saturated heterocycles. The fourth-order valence-electron chi connectivity index (χ4n) is 3.11. The SMILES string of the molecule is CCOC(=O)c1cccc(NC(=O)CCCN(c2ccccc2C)S(C)(=O)=O)c1C. The molecule has 8 heteroatoms. The van der Waals surface area contributed by atoms with Gasteiger partial charge in [-0.05, 0) is 56.5 Å². The van der Waals surface area contributed by atoms with E-state index in [1.165, 1.54) is 4.31 Å². The van der Waals surface area contributed by atoms with Crippen LogP contribution in [-0.4, -0.2) is 39.7 Å². The summed E-state index contributed by atoms with van der Waals surface area (Å²) < 4.78 is 30.8. The number of aryl methyl sites for hydroxylation is 1. The van der Waals surface area contributed by atoms with E-state index in [1.54, 1.807) is 44.2 Å². The van der Waals surface area contributed by atoms with E-state index in [2.05, 4.69) is 5.32 Å². The van der Waals surface area contributed by atoms with Gasteiger partial charge in [-0.1, -0.05) is 24.3 Å². The first-order valence-electron chi connectivity index (χ1n) is 9.75. The Hall–Kier alpha value is -2.87. The van der Waals surface area contributed by atoms with Crippen molar-refractivity contribution in [1.82, 2.24) is 0 Å². The van der Waals surface area contributed by atoms with Crippen LogP contribution in [0, 0.1) is 13.8 Å². The highest BCUT2D eigenvalue weighted by atomic mass is 32.2. The van der Waals surface area contributed by atoms with Crippen molar-refractivity contribution < 1.29 is 22.7 Å². The Bertz CT molecular complexity index is 1020. The highest BCUT2D eigenvalue weighted by Gasteiger charge is 2.19. The van der Waals surface area contributed by atoms with Gasteiger partial charge >= 0.3 is 5.97 Å². The number of amides is 1. The Labute approximate surface area is 178 Å². The molecule has 0 atom stereocenters. The summed E-state index contributed by atoms with van der Waals surface area (Å²) in [4.78, 5) is 24.4. The average Bonchev–Trinajstić information content (AvgIpc) is 2.67. The van der Waals surface area contributed by atoms with E-state index in [0.717, 1.165) is 11.8 Å². The number of para-hydroxylation sites is 1. The molecule has 1 amide bonds. The van der Waals surface area contributed by atoms with E-state index >= 15 is 0 Å². The number of ether oxygens (including phenoxy) is 1. The molecule has 0 saturated carbocycles. The summed E-state index contributed by atoms with van der Waals surface area (Å²) in [7, 11) is -3.47. The molecule has 0 aliphatic carbocycles. The van der Waals surface area contributed by atoms with Gasteiger partial charge in [0, 0.05) is 18.7 Å². The lowest BCUT2D eigenvalue weighted by Gasteiger charge is -2.24. The molecular formula is C22H28N2O5S. The zero-order valence-corrected chi connectivity index (χ0v) is 18.6. The fraction of sp³-hybridized carbons (Fsp3) is 0.364. The number of sulfonamides is 1. The van der Waals surface area contributed by atoms with Gasteiger partial charge in [-0.2, -0.15) is 0 Å². The molecule has 7 nitrogen and oxygen atoms in total. The second-order valence-corrected chi connectivity index (χ2v) is 8.88. The molecule has 162 valence electrons. The molecule has 0 fully saturated rings. The number of esters is 1. The van der Waals surface area contributed by atoms with Crippen LogP contribution in [-0.2, 0) is 19.6 Å². The lowest BCUT2D eigenvalue weighted by atomic mass is 10.1. The van der Waals surface area contributed by atoms with Crippen molar-refractivity contribution in [1.29, 1.82) is 0 Å². The quantitative estimate of drug-likeness (QED) is 0.611. The van der Waals surface area contributed by atoms with Crippen molar-refractivity contribution in [3.63, 3.8) is 0 Å². The van der Waals surface area contributed by atoms with Crippen LogP contribution in [0.4, 0.5) is 11.4 Å². The smallest absolute Gasteiger partial charge is 0.338 e. The van der Waals surface area contributed by atoms with Gasteiger partial charge in [0.1, 0.15) is 0 Å². The van der Waals surface area contributed by atoms with E-state index in [9.17, 15) is 18.0 Å². The Kier molecular flexibility index (Phi) is 8.00. The van der Waals surface area contributed by atoms with Crippen molar-refractivity contribution in [2.75, 3.05) is 29.0 Å². The summed E-state index contributed by atoms with van der Waals surface area (Å²) >= 11 is 0. The molecule has 0 unspecified atom stereocenters. The molecule has 2 aromatic rings. The molecule has 0 aliphatic heterocycles. The van der Waals surface area contributed by atoms with Crippen molar-refractivity contribution >= 4 is 33.3 Å². The summed E-state index contributed by atoms with van der Waals surface area (Å²) in [6.07, 6.45) is 1.65. The van der Waals surface area contributed by atoms with Crippen LogP contribution in [0.25, 0.3) is 0 Å². The van der Waals surface area contributed by atoms with Gasteiger partial charge < -0.3 is 10.1 Å². The monoisotopic (exact) mass is 432 g/mol. The first-order chi connectivity index (χ1) is 14.1. The largest absolute Gasteiger partial charge is 0.462 e. The maximum absolute atomic E-state index is 12.4. The zero-order chi connectivity index (χ0) is 22.3. The number of hydrogen-bond acceptors (Lipinski definition) is 5. The number of hydrogen-bond donors (Lipinski definition) is 1. The van der Waals surface area contributed by atoms with Crippen LogP contribution in [0.2, 0.25) is 0 Å². The Morgan fingerprint density at radius 1 is 1.07 bits per heavy atom. The Morgan fingerprint density at radius 3 is 2.40 bits per heavy atom. The molecule has 0 spiro atoms. The standard InChI is InChI=1S/C22H28N2O5S/c1-5-29-22(26)18-11-8-12-19(17(18)3)23-21(25)14-9-15-24(30(4,27)28)20-13-7-6-10-16(20)2/h6-8,10-13H,5,9,14-15H2,1-4H3,(H,23,25). The van der Waals surface area contributed by atoms with Crippen molar-refractivity contribution in [3.8, 4) is 0 Å². The summed E-state index contributed by atoms with van der Waals surface area (Å²) in [5.74, 6) is -0.689. The van der Waals surface area contributed by atoms with Gasteiger partial charge in [-0.3, -0.25) is 9.10 Å². The van der Waals surface area contributed by atoms with Crippen LogP contribution in [0.1, 0.15) is 41.3 Å². The van der Waals surface area contributed by atoms with Crippen molar-refractivity contribution in [2.24, 2.45) is 0 Å². The number of nitrogens with one attached hydrogen (secondary N) is 1. The number of rotatable bonds is 9. The van der Waals surface area contributed by atoms with Crippen LogP contribution in [0.15, 0.2) is 42.5 Å². The highest BCUT2D eigenvalue weighted by Crippen LogP contribution is 2.23. The zero-order valence-electron chi connectivity index (χ0n) is 17.8. The van der Waals surface area contributed by atoms with E-state index < -0.39 is 16.0 Å². The van der Waals surface area contributed by atoms with E-state index in [-0.39, 0.29) is 25.5 Å². The number of benzene rings is 2. The molecule has 0 radical (unpaired) electrons. The molecule has 30 heavy (non-hydrogen) atoms. The minimum absolute atomic E-state index is 0.140. The van der Waals surface area contributed by atoms with E-state index in [0.29, 0.717) is 28.9 Å². The second-order valence-electron chi connectivity index (χ2n) is 6.97. The predicted octanol–water partition coefficient (Wildman–Crippen LogP) is 3.67. The highest BCUT2D eigenvalue weighted by molar-refractivity contribution is 7.92. The molecule has 1 N–H and O–H groups in total. The number of carbonyl (C=O) groups excluding carboxylic acids is 2. The molecule has 2 aromatic carbocycles. The van der Waals surface area contributed by atoms with Crippen molar-refractivity contribution in [2.45, 2.75) is 33.6 Å². The summed E-state index contributed by atoms with van der Waals surface area (Å²) in [6.45, 7) is 5.78. The third kappa shape index (κ3) is 6.06. The van der Waals surface area contributed by atoms with Crippen LogP contribution in [0.3, 0.4) is 0 Å². The van der Waals surface area contributed by atoms with E-state index in [1.807, 2.05) is 19.1 Å². The van der Waals surface area contributed by atoms with Crippen LogP contribution < -0.4 is 9.62 Å². The summed E-state index contributed by atoms with van der Waals surface area (Å²) in [5.41, 5.74) is 3.01. The fourth-order valence-corrected chi connectivity index (χ4v) is 4.13. The van der Waals surface area contributed by atoms with Gasteiger partial charge in [-0.15, -0.1) is 0 Å². The molecule has 0 aromatic heterocycles. The Morgan fingerprint density at radius 2 is 1.77 bits per heavy atom. The molecule has 0 heterocycles. The van der Waals surface area contributed by atoms with Gasteiger partial charge in [0.2, 0.25) is 15.9 Å². The number of carbonyl (C=O) groups is 2. The van der Waals surface area contributed by atoms with Gasteiger partial charge in [0.15, 0.2) is 0 Å². The van der Waals surface area contributed by atoms with Crippen LogP contribution in [0.5, 0.6) is 0 Å². The van der Waals surface area contributed by atoms with Gasteiger partial charge in [0.25, 0.3) is 0 Å². The predicted molar refractivity (Wildman–Crippen MR) is 118 cm³/mol. The van der Waals surface area contributed by atoms with Gasteiger partial charge in [-0.25, -0.2) is 13.2 Å². The third-order valence-electron chi connectivity index (χ3n) is 4.65. The Balaban J connectivity index is 2.03. The third-order valence-corrected chi connectivity index (χ3v) is 5.83. The second kappa shape index (κ2) is 10.2. The summed E-state index contributed by atoms with van der Waals surface area (Å²) in [6, 6.07) is 12.3. The number of nitrogens with zero attached hydrogens (tertiary/aromatic N) is 1. The topological polar surface area (TPSA) is 92.8 Å². The molecular weight excluding hydrogens is 404 g/mol. The molecule has 0 bridgehead atoms. The minimum Gasteiger partial charge on any atom is -0.462 e. The first kappa shape index (κ1) is 23.4. The van der Waals surface area contributed by atoms with E-state index in [4.69, 9.17) is 4.74 Å². The first-order valence-corrected chi connectivity index (χ1v) is 11.6. The molecule has 2 rings (SSSR count). The normalized spacial score (nSPS) is 11.1. The lowest BCUT2D eigenvalue weighted by Crippen LogP contribution is -2.32. The average molecular weight is 433 g/mol. The molecule has 0 aliphatic rings. The van der Waals surface area contributed by atoms with Gasteiger partial charge in [0.05, 0.1) is 24.1 Å². The lowest BCUT2D eigenvalue weighted by molar-refractivity contribution is -0.116. The van der Waals surface area contributed by atoms with Crippen molar-refractivity contribution in [3.05, 3.63) is 59.2 Å².